The van der Waals surface area contributed by atoms with Gasteiger partial charge in [-0.05, 0) is 5.56 Å². The Bertz CT molecular complexity index is 549. The first-order valence-corrected chi connectivity index (χ1v) is 7.89. The highest BCUT2D eigenvalue weighted by atomic mass is 32.2. The lowest BCUT2D eigenvalue weighted by molar-refractivity contribution is -0.906. The van der Waals surface area contributed by atoms with Crippen LogP contribution in [0.1, 0.15) is 11.1 Å². The Morgan fingerprint density at radius 1 is 1.30 bits per heavy atom. The summed E-state index contributed by atoms with van der Waals surface area (Å²) in [5.74, 6) is -0.635. The zero-order chi connectivity index (χ0) is 15.4. The minimum absolute atomic E-state index is 0.239. The minimum atomic E-state index is -4.15. The van der Waals surface area contributed by atoms with E-state index in [4.69, 9.17) is 4.55 Å². The fourth-order valence-electron chi connectivity index (χ4n) is 2.18. The molecule has 0 spiro atoms. The lowest BCUT2D eigenvalue weighted by Crippen LogP contribution is -2.46. The Morgan fingerprint density at radius 3 is 2.30 bits per heavy atom. The molecule has 0 heterocycles. The Balaban J connectivity index is 2.66. The molecule has 1 aromatic rings. The zero-order valence-corrected chi connectivity index (χ0v) is 12.7. The predicted molar refractivity (Wildman–Crippen MR) is 79.6 cm³/mol. The van der Waals surface area contributed by atoms with E-state index in [1.807, 2.05) is 38.4 Å². The van der Waals surface area contributed by atoms with Crippen molar-refractivity contribution in [2.45, 2.75) is 12.6 Å². The monoisotopic (exact) mass is 300 g/mol. The molecular formula is C14H22NO4S+. The summed E-state index contributed by atoms with van der Waals surface area (Å²) in [5, 5.41) is 9.71. The van der Waals surface area contributed by atoms with Crippen LogP contribution < -0.4 is 0 Å². The molecule has 0 aliphatic rings. The summed E-state index contributed by atoms with van der Waals surface area (Å²) in [7, 11) is -0.354. The van der Waals surface area contributed by atoms with E-state index < -0.39 is 22.0 Å². The molecule has 0 saturated carbocycles. The standard InChI is InChI=1S/C14H21NO4S/c1-4-12-5-7-13(8-6-12)9-15(2,3)10-14(16)11-20(17,18)19/h4-8,14,16H,1,9-11H2,2-3H3/p+1. The summed E-state index contributed by atoms with van der Waals surface area (Å²) in [6, 6.07) is 7.87. The maximum atomic E-state index is 10.7. The molecule has 0 saturated heterocycles. The summed E-state index contributed by atoms with van der Waals surface area (Å²) >= 11 is 0. The highest BCUT2D eigenvalue weighted by Crippen LogP contribution is 2.12. The van der Waals surface area contributed by atoms with Gasteiger partial charge in [-0.15, -0.1) is 0 Å². The second-order valence-corrected chi connectivity index (χ2v) is 7.12. The Kier molecular flexibility index (Phi) is 5.47. The first-order chi connectivity index (χ1) is 9.11. The third kappa shape index (κ3) is 6.29. The fourth-order valence-corrected chi connectivity index (χ4v) is 2.78. The molecule has 0 aliphatic heterocycles. The van der Waals surface area contributed by atoms with Crippen LogP contribution in [0.2, 0.25) is 0 Å². The number of likely N-dealkylation sites (N-methyl/N-ethyl adjacent to an activating group) is 1. The van der Waals surface area contributed by atoms with E-state index in [0.717, 1.165) is 11.1 Å². The van der Waals surface area contributed by atoms with E-state index in [0.29, 0.717) is 11.0 Å². The number of aliphatic hydroxyl groups excluding tert-OH is 1. The molecular weight excluding hydrogens is 278 g/mol. The quantitative estimate of drug-likeness (QED) is 0.585. The zero-order valence-electron chi connectivity index (χ0n) is 11.9. The predicted octanol–water partition coefficient (Wildman–Crippen LogP) is 1.15. The van der Waals surface area contributed by atoms with Crippen molar-refractivity contribution in [3.05, 3.63) is 42.0 Å². The smallest absolute Gasteiger partial charge is 0.267 e. The van der Waals surface area contributed by atoms with Gasteiger partial charge in [0.1, 0.15) is 24.9 Å². The first kappa shape index (κ1) is 16.8. The molecule has 0 radical (unpaired) electrons. The maximum absolute atomic E-state index is 10.7. The average molecular weight is 300 g/mol. The Labute approximate surface area is 120 Å². The molecule has 20 heavy (non-hydrogen) atoms. The van der Waals surface area contributed by atoms with Crippen molar-refractivity contribution in [3.63, 3.8) is 0 Å². The van der Waals surface area contributed by atoms with Crippen LogP contribution in [-0.2, 0) is 16.7 Å². The second-order valence-electron chi connectivity index (χ2n) is 5.62. The molecule has 1 atom stereocenters. The van der Waals surface area contributed by atoms with Crippen molar-refractivity contribution in [1.29, 1.82) is 0 Å². The van der Waals surface area contributed by atoms with Gasteiger partial charge in [0.25, 0.3) is 10.1 Å². The van der Waals surface area contributed by atoms with E-state index in [1.165, 1.54) is 0 Å². The number of hydrogen-bond donors (Lipinski definition) is 2. The van der Waals surface area contributed by atoms with Crippen LogP contribution in [0.4, 0.5) is 0 Å². The van der Waals surface area contributed by atoms with Crippen molar-refractivity contribution >= 4 is 16.2 Å². The number of hydrogen-bond acceptors (Lipinski definition) is 3. The second kappa shape index (κ2) is 6.49. The Hall–Kier alpha value is -1.21. The van der Waals surface area contributed by atoms with Crippen molar-refractivity contribution in [3.8, 4) is 0 Å². The van der Waals surface area contributed by atoms with E-state index in [1.54, 1.807) is 6.08 Å². The van der Waals surface area contributed by atoms with Gasteiger partial charge in [0, 0.05) is 5.56 Å². The van der Waals surface area contributed by atoms with E-state index in [9.17, 15) is 13.5 Å². The van der Waals surface area contributed by atoms with Gasteiger partial charge in [-0.25, -0.2) is 0 Å². The molecule has 112 valence electrons. The van der Waals surface area contributed by atoms with Crippen LogP contribution >= 0.6 is 0 Å². The number of aliphatic hydroxyl groups is 1. The highest BCUT2D eigenvalue weighted by molar-refractivity contribution is 7.85. The van der Waals surface area contributed by atoms with Crippen molar-refractivity contribution < 1.29 is 22.6 Å². The van der Waals surface area contributed by atoms with Crippen LogP contribution in [-0.4, -0.2) is 55.1 Å². The van der Waals surface area contributed by atoms with Gasteiger partial charge in [-0.3, -0.25) is 4.55 Å². The lowest BCUT2D eigenvalue weighted by Gasteiger charge is -2.31. The molecule has 1 rings (SSSR count). The topological polar surface area (TPSA) is 74.6 Å². The number of nitrogens with zero attached hydrogens (tertiary/aromatic N) is 1. The van der Waals surface area contributed by atoms with Gasteiger partial charge in [0.05, 0.1) is 14.1 Å². The number of rotatable bonds is 7. The molecule has 6 heteroatoms. The van der Waals surface area contributed by atoms with Crippen LogP contribution in [0.3, 0.4) is 0 Å². The normalized spacial score (nSPS) is 14.0. The van der Waals surface area contributed by atoms with Gasteiger partial charge in [-0.1, -0.05) is 36.9 Å². The number of benzene rings is 1. The molecule has 0 bridgehead atoms. The van der Waals surface area contributed by atoms with Gasteiger partial charge < -0.3 is 9.59 Å². The van der Waals surface area contributed by atoms with Gasteiger partial charge in [0.15, 0.2) is 0 Å². The lowest BCUT2D eigenvalue weighted by atomic mass is 10.1. The highest BCUT2D eigenvalue weighted by Gasteiger charge is 2.24. The fraction of sp³-hybridized carbons (Fsp3) is 0.429. The summed E-state index contributed by atoms with van der Waals surface area (Å²) < 4.78 is 30.6. The first-order valence-electron chi connectivity index (χ1n) is 6.28. The largest absolute Gasteiger partial charge is 0.386 e. The van der Waals surface area contributed by atoms with Crippen LogP contribution in [0.5, 0.6) is 0 Å². The maximum Gasteiger partial charge on any atom is 0.267 e. The molecule has 1 unspecified atom stereocenters. The molecule has 1 aromatic carbocycles. The van der Waals surface area contributed by atoms with Gasteiger partial charge in [-0.2, -0.15) is 8.42 Å². The molecule has 0 aliphatic carbocycles. The van der Waals surface area contributed by atoms with E-state index in [-0.39, 0.29) is 6.54 Å². The summed E-state index contributed by atoms with van der Waals surface area (Å²) in [5.41, 5.74) is 2.12. The summed E-state index contributed by atoms with van der Waals surface area (Å²) in [6.07, 6.45) is 0.673. The van der Waals surface area contributed by atoms with Gasteiger partial charge >= 0.3 is 0 Å². The number of quaternary nitrogens is 1. The van der Waals surface area contributed by atoms with Gasteiger partial charge in [0.2, 0.25) is 0 Å². The van der Waals surface area contributed by atoms with Crippen LogP contribution in [0.25, 0.3) is 6.08 Å². The molecule has 0 fully saturated rings. The van der Waals surface area contributed by atoms with E-state index in [2.05, 4.69) is 6.58 Å². The van der Waals surface area contributed by atoms with Crippen molar-refractivity contribution in [2.75, 3.05) is 26.4 Å². The molecule has 0 aromatic heterocycles. The van der Waals surface area contributed by atoms with Crippen molar-refractivity contribution in [1.82, 2.24) is 0 Å². The SMILES string of the molecule is C=Cc1ccc(C[N+](C)(C)CC(O)CS(=O)(=O)O)cc1. The Morgan fingerprint density at radius 2 is 1.85 bits per heavy atom. The third-order valence-electron chi connectivity index (χ3n) is 2.93. The van der Waals surface area contributed by atoms with Crippen LogP contribution in [0.15, 0.2) is 30.8 Å². The summed E-state index contributed by atoms with van der Waals surface area (Å²) in [6.45, 7) is 4.58. The molecule has 0 amide bonds. The van der Waals surface area contributed by atoms with E-state index >= 15 is 0 Å². The van der Waals surface area contributed by atoms with Crippen molar-refractivity contribution in [2.24, 2.45) is 0 Å². The minimum Gasteiger partial charge on any atom is -0.386 e. The average Bonchev–Trinajstić information content (AvgIpc) is 2.25. The molecule has 5 nitrogen and oxygen atoms in total. The molecule has 2 N–H and O–H groups in total. The summed E-state index contributed by atoms with van der Waals surface area (Å²) in [4.78, 5) is 0. The van der Waals surface area contributed by atoms with Crippen LogP contribution in [0, 0.1) is 0 Å². The third-order valence-corrected chi connectivity index (χ3v) is 3.74.